The van der Waals surface area contributed by atoms with Crippen molar-refractivity contribution in [1.82, 2.24) is 5.32 Å². The van der Waals surface area contributed by atoms with Crippen molar-refractivity contribution < 1.29 is 14.3 Å². The van der Waals surface area contributed by atoms with Crippen LogP contribution in [0, 0.1) is 0 Å². The molecule has 28 heavy (non-hydrogen) atoms. The Bertz CT molecular complexity index is 824. The second-order valence-electron chi connectivity index (χ2n) is 6.45. The summed E-state index contributed by atoms with van der Waals surface area (Å²) in [6, 6.07) is 26.9. The van der Waals surface area contributed by atoms with E-state index in [0.29, 0.717) is 12.2 Å². The lowest BCUT2D eigenvalue weighted by atomic mass is 9.98. The first-order chi connectivity index (χ1) is 13.7. The lowest BCUT2D eigenvalue weighted by Gasteiger charge is -2.24. The molecule has 0 saturated heterocycles. The number of hydrogen-bond donors (Lipinski definition) is 1. The van der Waals surface area contributed by atoms with Crippen molar-refractivity contribution in [2.45, 2.75) is 25.5 Å². The molecular weight excluding hydrogens is 350 g/mol. The average Bonchev–Trinajstić information content (AvgIpc) is 2.77. The molecule has 0 saturated carbocycles. The minimum atomic E-state index is -0.580. The summed E-state index contributed by atoms with van der Waals surface area (Å²) in [5, 5.41) is 3.15. The molecule has 0 aliphatic carbocycles. The molecule has 0 aromatic heterocycles. The predicted octanol–water partition coefficient (Wildman–Crippen LogP) is 4.76. The highest BCUT2D eigenvalue weighted by Gasteiger charge is 2.23. The van der Waals surface area contributed by atoms with Crippen LogP contribution in [0.3, 0.4) is 0 Å². The van der Waals surface area contributed by atoms with Crippen LogP contribution in [0.1, 0.15) is 30.5 Å². The molecule has 0 heterocycles. The summed E-state index contributed by atoms with van der Waals surface area (Å²) in [5.41, 5.74) is 2.06. The largest absolute Gasteiger partial charge is 0.497 e. The molecule has 3 aromatic carbocycles. The molecular formula is C24H25NO3. The van der Waals surface area contributed by atoms with E-state index in [1.54, 1.807) is 19.2 Å². The second-order valence-corrected chi connectivity index (χ2v) is 6.45. The van der Waals surface area contributed by atoms with Crippen LogP contribution in [-0.4, -0.2) is 19.1 Å². The van der Waals surface area contributed by atoms with E-state index in [-0.39, 0.29) is 11.9 Å². The van der Waals surface area contributed by atoms with Crippen LogP contribution in [0.4, 0.5) is 0 Å². The fourth-order valence-corrected chi connectivity index (χ4v) is 3.03. The van der Waals surface area contributed by atoms with Crippen molar-refractivity contribution in [2.24, 2.45) is 0 Å². The van der Waals surface area contributed by atoms with Gasteiger partial charge in [-0.1, -0.05) is 67.6 Å². The summed E-state index contributed by atoms with van der Waals surface area (Å²) < 4.78 is 11.1. The van der Waals surface area contributed by atoms with E-state index in [0.717, 1.165) is 16.9 Å². The first-order valence-electron chi connectivity index (χ1n) is 9.42. The minimum Gasteiger partial charge on any atom is -0.497 e. The molecule has 4 heteroatoms. The molecule has 144 valence electrons. The predicted molar refractivity (Wildman–Crippen MR) is 111 cm³/mol. The van der Waals surface area contributed by atoms with Crippen molar-refractivity contribution in [3.05, 3.63) is 96.1 Å². The Morgan fingerprint density at radius 1 is 0.821 bits per heavy atom. The number of rotatable bonds is 8. The van der Waals surface area contributed by atoms with Crippen LogP contribution >= 0.6 is 0 Å². The van der Waals surface area contributed by atoms with Crippen LogP contribution < -0.4 is 14.8 Å². The summed E-state index contributed by atoms with van der Waals surface area (Å²) in [4.78, 5) is 13.0. The van der Waals surface area contributed by atoms with E-state index < -0.39 is 6.10 Å². The maximum atomic E-state index is 13.0. The Morgan fingerprint density at radius 2 is 1.32 bits per heavy atom. The van der Waals surface area contributed by atoms with Gasteiger partial charge >= 0.3 is 0 Å². The molecule has 0 aliphatic rings. The Labute approximate surface area is 166 Å². The molecule has 1 atom stereocenters. The molecule has 1 N–H and O–H groups in total. The highest BCUT2D eigenvalue weighted by molar-refractivity contribution is 5.82. The molecule has 0 fully saturated rings. The van der Waals surface area contributed by atoms with Gasteiger partial charge in [0.2, 0.25) is 0 Å². The number of amides is 1. The number of hydrogen-bond acceptors (Lipinski definition) is 3. The number of benzene rings is 3. The van der Waals surface area contributed by atoms with Crippen LogP contribution in [-0.2, 0) is 4.79 Å². The van der Waals surface area contributed by atoms with Crippen molar-refractivity contribution >= 4 is 5.91 Å². The number of ether oxygens (including phenoxy) is 2. The molecule has 3 rings (SSSR count). The van der Waals surface area contributed by atoms with Crippen molar-refractivity contribution in [3.63, 3.8) is 0 Å². The Hall–Kier alpha value is -3.27. The van der Waals surface area contributed by atoms with Gasteiger partial charge in [-0.05, 0) is 41.8 Å². The zero-order valence-corrected chi connectivity index (χ0v) is 16.2. The third kappa shape index (κ3) is 4.92. The van der Waals surface area contributed by atoms with Crippen LogP contribution in [0.25, 0.3) is 0 Å². The molecule has 0 bridgehead atoms. The number of nitrogens with one attached hydrogen (secondary N) is 1. The van der Waals surface area contributed by atoms with Gasteiger partial charge in [0.05, 0.1) is 13.2 Å². The van der Waals surface area contributed by atoms with Gasteiger partial charge < -0.3 is 14.8 Å². The zero-order valence-electron chi connectivity index (χ0n) is 16.2. The fraction of sp³-hybridized carbons (Fsp3) is 0.208. The molecule has 3 aromatic rings. The summed E-state index contributed by atoms with van der Waals surface area (Å²) in [7, 11) is 1.62. The molecule has 0 radical (unpaired) electrons. The van der Waals surface area contributed by atoms with E-state index in [9.17, 15) is 4.79 Å². The SMILES string of the molecule is CCC(Oc1ccc(OC)cc1)C(=O)NC(c1ccccc1)c1ccccc1. The molecule has 0 spiro atoms. The van der Waals surface area contributed by atoms with Crippen LogP contribution in [0.15, 0.2) is 84.9 Å². The van der Waals surface area contributed by atoms with Gasteiger partial charge in [0.1, 0.15) is 11.5 Å². The van der Waals surface area contributed by atoms with Gasteiger partial charge in [-0.3, -0.25) is 4.79 Å². The Morgan fingerprint density at radius 3 is 1.79 bits per heavy atom. The Kier molecular flexibility index (Phi) is 6.68. The first-order valence-corrected chi connectivity index (χ1v) is 9.42. The van der Waals surface area contributed by atoms with Crippen molar-refractivity contribution in [1.29, 1.82) is 0 Å². The quantitative estimate of drug-likeness (QED) is 0.618. The molecule has 1 unspecified atom stereocenters. The summed E-state index contributed by atoms with van der Waals surface area (Å²) in [6.07, 6.45) is -0.0166. The van der Waals surface area contributed by atoms with E-state index >= 15 is 0 Å². The fourth-order valence-electron chi connectivity index (χ4n) is 3.03. The maximum absolute atomic E-state index is 13.0. The van der Waals surface area contributed by atoms with Crippen molar-refractivity contribution in [3.8, 4) is 11.5 Å². The minimum absolute atomic E-state index is 0.143. The van der Waals surface area contributed by atoms with E-state index in [1.807, 2.05) is 79.7 Å². The van der Waals surface area contributed by atoms with Gasteiger partial charge in [0.15, 0.2) is 6.10 Å². The maximum Gasteiger partial charge on any atom is 0.261 e. The van der Waals surface area contributed by atoms with E-state index in [2.05, 4.69) is 5.32 Å². The third-order valence-electron chi connectivity index (χ3n) is 4.55. The number of carbonyl (C=O) groups is 1. The van der Waals surface area contributed by atoms with E-state index in [4.69, 9.17) is 9.47 Å². The number of carbonyl (C=O) groups excluding carboxylic acids is 1. The molecule has 4 nitrogen and oxygen atoms in total. The smallest absolute Gasteiger partial charge is 0.261 e. The summed E-state index contributed by atoms with van der Waals surface area (Å²) >= 11 is 0. The Balaban J connectivity index is 1.77. The van der Waals surface area contributed by atoms with Gasteiger partial charge in [0, 0.05) is 0 Å². The molecule has 0 aliphatic heterocycles. The highest BCUT2D eigenvalue weighted by Crippen LogP contribution is 2.23. The lowest BCUT2D eigenvalue weighted by molar-refractivity contribution is -0.128. The standard InChI is InChI=1S/C24H25NO3/c1-3-22(28-21-16-14-20(27-2)15-17-21)24(26)25-23(18-10-6-4-7-11-18)19-12-8-5-9-13-19/h4-17,22-23H,3H2,1-2H3,(H,25,26). The number of methoxy groups -OCH3 is 1. The van der Waals surface area contributed by atoms with Gasteiger partial charge in [-0.15, -0.1) is 0 Å². The lowest BCUT2D eigenvalue weighted by Crippen LogP contribution is -2.40. The second kappa shape index (κ2) is 9.60. The average molecular weight is 375 g/mol. The van der Waals surface area contributed by atoms with Crippen molar-refractivity contribution in [2.75, 3.05) is 7.11 Å². The van der Waals surface area contributed by atoms with Gasteiger partial charge in [-0.25, -0.2) is 0 Å². The zero-order chi connectivity index (χ0) is 19.8. The molecule has 1 amide bonds. The summed E-state index contributed by atoms with van der Waals surface area (Å²) in [6.45, 7) is 1.94. The topological polar surface area (TPSA) is 47.6 Å². The summed E-state index contributed by atoms with van der Waals surface area (Å²) in [5.74, 6) is 1.24. The van der Waals surface area contributed by atoms with Crippen LogP contribution in [0.5, 0.6) is 11.5 Å². The van der Waals surface area contributed by atoms with Gasteiger partial charge in [0.25, 0.3) is 5.91 Å². The van der Waals surface area contributed by atoms with Gasteiger partial charge in [-0.2, -0.15) is 0 Å². The monoisotopic (exact) mass is 375 g/mol. The first kappa shape index (κ1) is 19.5. The van der Waals surface area contributed by atoms with E-state index in [1.165, 1.54) is 0 Å². The normalized spacial score (nSPS) is 11.7. The van der Waals surface area contributed by atoms with Crippen LogP contribution in [0.2, 0.25) is 0 Å². The highest BCUT2D eigenvalue weighted by atomic mass is 16.5. The third-order valence-corrected chi connectivity index (χ3v) is 4.55.